The fourth-order valence-electron chi connectivity index (χ4n) is 1.23. The number of thiol groups is 1. The van der Waals surface area contributed by atoms with Gasteiger partial charge in [0.1, 0.15) is 17.2 Å². The van der Waals surface area contributed by atoms with Crippen LogP contribution in [0, 0.1) is 6.92 Å². The van der Waals surface area contributed by atoms with Crippen molar-refractivity contribution in [2.45, 2.75) is 45.0 Å². The topological polar surface area (TPSA) is 69.9 Å². The van der Waals surface area contributed by atoms with Gasteiger partial charge in [0.2, 0.25) is 0 Å². The molecule has 0 aromatic heterocycles. The van der Waals surface area contributed by atoms with Crippen LogP contribution in [0.3, 0.4) is 0 Å². The maximum absolute atomic E-state index is 9.91. The minimum atomic E-state index is -0.610. The lowest BCUT2D eigenvalue weighted by atomic mass is 9.81. The predicted octanol–water partition coefficient (Wildman–Crippen LogP) is 1.86. The van der Waals surface area contributed by atoms with E-state index in [0.717, 1.165) is 0 Å². The minimum absolute atomic E-state index is 0.140. The summed E-state index contributed by atoms with van der Waals surface area (Å²) in [6.45, 7) is 9.09. The summed E-state index contributed by atoms with van der Waals surface area (Å²) in [5, 5.41) is 29.1. The van der Waals surface area contributed by atoms with Crippen molar-refractivity contribution in [3.05, 3.63) is 11.6 Å². The molecule has 0 heterocycles. The molecule has 0 bridgehead atoms. The third-order valence-electron chi connectivity index (χ3n) is 3.49. The predicted molar refractivity (Wildman–Crippen MR) is 79.8 cm³/mol. The molecule has 4 nitrogen and oxygen atoms in total. The molecule has 1 aromatic carbocycles. The number of hydrogen-bond acceptors (Lipinski definition) is 5. The van der Waals surface area contributed by atoms with Crippen LogP contribution in [0.5, 0.6) is 17.2 Å². The number of aromatic hydroxyl groups is 3. The highest BCUT2D eigenvalue weighted by atomic mass is 32.1. The summed E-state index contributed by atoms with van der Waals surface area (Å²) in [6.07, 6.45) is 0. The Morgan fingerprint density at radius 1 is 1.11 bits per heavy atom. The van der Waals surface area contributed by atoms with Crippen LogP contribution < -0.4 is 5.46 Å². The van der Waals surface area contributed by atoms with Crippen LogP contribution in [-0.2, 0) is 4.65 Å². The van der Waals surface area contributed by atoms with Crippen LogP contribution in [0.2, 0.25) is 0 Å². The van der Waals surface area contributed by atoms with Gasteiger partial charge in [-0.1, -0.05) is 0 Å². The summed E-state index contributed by atoms with van der Waals surface area (Å²) >= 11 is 4.46. The first-order chi connectivity index (χ1) is 8.47. The molecule has 0 aliphatic carbocycles. The van der Waals surface area contributed by atoms with Crippen LogP contribution in [-0.4, -0.2) is 33.1 Å². The smallest absolute Gasteiger partial charge is 0.338 e. The fraction of sp³-hybridized carbons (Fsp3) is 0.538. The molecule has 0 saturated heterocycles. The summed E-state index contributed by atoms with van der Waals surface area (Å²) in [4.78, 5) is 0. The van der Waals surface area contributed by atoms with E-state index in [9.17, 15) is 15.3 Å². The first-order valence-electron chi connectivity index (χ1n) is 5.95. The second-order valence-electron chi connectivity index (χ2n) is 5.61. The van der Waals surface area contributed by atoms with Gasteiger partial charge in [0.05, 0.1) is 5.60 Å². The van der Waals surface area contributed by atoms with Gasteiger partial charge in [0.25, 0.3) is 0 Å². The summed E-state index contributed by atoms with van der Waals surface area (Å²) in [6, 6.07) is 1.17. The van der Waals surface area contributed by atoms with Crippen molar-refractivity contribution in [3.8, 4) is 17.2 Å². The van der Waals surface area contributed by atoms with Gasteiger partial charge in [-0.05, 0) is 34.6 Å². The maximum atomic E-state index is 9.91. The molecule has 0 aliphatic heterocycles. The van der Waals surface area contributed by atoms with Gasteiger partial charge >= 0.3 is 7.48 Å². The van der Waals surface area contributed by atoms with Gasteiger partial charge in [-0.25, -0.2) is 0 Å². The lowest BCUT2D eigenvalue weighted by molar-refractivity contribution is 0.0852. The Morgan fingerprint density at radius 3 is 2.11 bits per heavy atom. The standard InChI is InChI=1S/C13H20BO4S/c1-7-8(15)6-9(16)10(11(7)17)14-18-12(2,3)13(4,5)19/h6,15-17,19H,1-5H3. The zero-order valence-corrected chi connectivity index (χ0v) is 12.7. The minimum Gasteiger partial charge on any atom is -0.508 e. The third kappa shape index (κ3) is 3.31. The molecule has 6 heteroatoms. The van der Waals surface area contributed by atoms with Crippen molar-refractivity contribution in [2.24, 2.45) is 0 Å². The van der Waals surface area contributed by atoms with Gasteiger partial charge in [-0.2, -0.15) is 12.6 Å². The first-order valence-corrected chi connectivity index (χ1v) is 6.40. The number of rotatable bonds is 4. The Morgan fingerprint density at radius 2 is 1.63 bits per heavy atom. The van der Waals surface area contributed by atoms with Crippen molar-refractivity contribution in [1.82, 2.24) is 0 Å². The van der Waals surface area contributed by atoms with E-state index in [0.29, 0.717) is 0 Å². The number of phenols is 3. The van der Waals surface area contributed by atoms with E-state index < -0.39 is 10.3 Å². The number of benzene rings is 1. The molecule has 0 saturated carbocycles. The first kappa shape index (κ1) is 16.1. The monoisotopic (exact) mass is 283 g/mol. The van der Waals surface area contributed by atoms with E-state index in [4.69, 9.17) is 4.65 Å². The second-order valence-corrected chi connectivity index (χ2v) is 6.73. The highest BCUT2D eigenvalue weighted by molar-refractivity contribution is 7.81. The second kappa shape index (κ2) is 5.17. The van der Waals surface area contributed by atoms with E-state index in [2.05, 4.69) is 12.6 Å². The van der Waals surface area contributed by atoms with E-state index >= 15 is 0 Å². The molecule has 0 unspecified atom stereocenters. The molecular weight excluding hydrogens is 263 g/mol. The Bertz CT molecular complexity index is 481. The molecule has 0 fully saturated rings. The third-order valence-corrected chi connectivity index (χ3v) is 4.03. The summed E-state index contributed by atoms with van der Waals surface area (Å²) in [5.41, 5.74) is -0.183. The van der Waals surface area contributed by atoms with E-state index in [1.807, 2.05) is 27.7 Å². The average molecular weight is 283 g/mol. The molecule has 3 N–H and O–H groups in total. The van der Waals surface area contributed by atoms with Crippen molar-refractivity contribution in [1.29, 1.82) is 0 Å². The number of phenolic OH excluding ortho intramolecular Hbond substituents is 3. The Hall–Kier alpha value is -1.01. The average Bonchev–Trinajstić information content (AvgIpc) is 2.24. The quantitative estimate of drug-likeness (QED) is 0.503. The van der Waals surface area contributed by atoms with Crippen molar-refractivity contribution < 1.29 is 20.0 Å². The Balaban J connectivity index is 3.00. The van der Waals surface area contributed by atoms with Crippen LogP contribution in [0.4, 0.5) is 0 Å². The van der Waals surface area contributed by atoms with Crippen LogP contribution in [0.15, 0.2) is 6.07 Å². The largest absolute Gasteiger partial charge is 0.508 e. The summed E-state index contributed by atoms with van der Waals surface area (Å²) in [5.74, 6) is -0.612. The van der Waals surface area contributed by atoms with Crippen LogP contribution >= 0.6 is 12.6 Å². The lowest BCUT2D eigenvalue weighted by Gasteiger charge is -2.38. The van der Waals surface area contributed by atoms with Gasteiger partial charge in [-0.15, -0.1) is 0 Å². The molecule has 1 rings (SSSR count). The van der Waals surface area contributed by atoms with Gasteiger partial charge in [-0.3, -0.25) is 0 Å². The molecule has 1 radical (unpaired) electrons. The molecule has 0 aliphatic rings. The fourth-order valence-corrected chi connectivity index (χ4v) is 1.28. The Labute approximate surface area is 120 Å². The summed E-state index contributed by atoms with van der Waals surface area (Å²) < 4.78 is 5.22. The molecule has 0 amide bonds. The molecule has 1 aromatic rings. The van der Waals surface area contributed by atoms with E-state index in [1.54, 1.807) is 6.92 Å². The van der Waals surface area contributed by atoms with Crippen LogP contribution in [0.1, 0.15) is 33.3 Å². The highest BCUT2D eigenvalue weighted by Gasteiger charge is 2.35. The van der Waals surface area contributed by atoms with Gasteiger partial charge in [0.15, 0.2) is 0 Å². The molecule has 19 heavy (non-hydrogen) atoms. The zero-order valence-electron chi connectivity index (χ0n) is 11.9. The zero-order chi connectivity index (χ0) is 15.0. The lowest BCUT2D eigenvalue weighted by Crippen LogP contribution is -2.45. The molecule has 105 valence electrons. The van der Waals surface area contributed by atoms with Gasteiger partial charge < -0.3 is 20.0 Å². The summed E-state index contributed by atoms with van der Waals surface area (Å²) in [7, 11) is 1.29. The maximum Gasteiger partial charge on any atom is 0.338 e. The molecular formula is C13H20BO4S. The van der Waals surface area contributed by atoms with Crippen molar-refractivity contribution in [2.75, 3.05) is 0 Å². The normalized spacial score (nSPS) is 12.5. The van der Waals surface area contributed by atoms with E-state index in [-0.39, 0.29) is 28.3 Å². The Kier molecular flexibility index (Phi) is 4.37. The number of hydrogen-bond donors (Lipinski definition) is 4. The van der Waals surface area contributed by atoms with Gasteiger partial charge in [0, 0.05) is 21.8 Å². The SMILES string of the molecule is Cc1c(O)cc(O)c([B]OC(C)(C)C(C)(C)S)c1O. The van der Waals surface area contributed by atoms with Crippen molar-refractivity contribution in [3.63, 3.8) is 0 Å². The molecule has 0 atom stereocenters. The highest BCUT2D eigenvalue weighted by Crippen LogP contribution is 2.32. The van der Waals surface area contributed by atoms with Crippen molar-refractivity contribution >= 4 is 25.6 Å². The van der Waals surface area contributed by atoms with Crippen LogP contribution in [0.25, 0.3) is 0 Å². The molecule has 0 spiro atoms. The van der Waals surface area contributed by atoms with E-state index in [1.165, 1.54) is 13.5 Å².